The predicted octanol–water partition coefficient (Wildman–Crippen LogP) is 8.17. The van der Waals surface area contributed by atoms with Gasteiger partial charge in [0.25, 0.3) is 5.91 Å². The number of aromatic nitrogens is 1. The monoisotopic (exact) mass is 652 g/mol. The number of nitrogen functional groups attached to an aromatic ring is 1. The lowest BCUT2D eigenvalue weighted by atomic mass is 9.89. The van der Waals surface area contributed by atoms with Crippen LogP contribution in [0, 0.1) is 5.82 Å². The lowest BCUT2D eigenvalue weighted by Crippen LogP contribution is -2.47. The molecule has 0 aliphatic heterocycles. The molecule has 0 saturated heterocycles. The molecule has 0 spiro atoms. The Morgan fingerprint density at radius 1 is 1.07 bits per heavy atom. The number of carbonyl (C=O) groups excluding carboxylic acids is 2. The van der Waals surface area contributed by atoms with E-state index in [1.165, 1.54) is 17.4 Å². The van der Waals surface area contributed by atoms with E-state index in [0.29, 0.717) is 46.8 Å². The molecule has 2 amide bonds. The zero-order valence-corrected chi connectivity index (χ0v) is 27.7. The molecule has 1 fully saturated rings. The molecule has 2 heterocycles. The summed E-state index contributed by atoms with van der Waals surface area (Å²) in [4.78, 5) is 35.2. The Hall–Kier alpha value is -3.89. The number of hydrogen-bond donors (Lipinski definition) is 1. The lowest BCUT2D eigenvalue weighted by molar-refractivity contribution is 0.0144. The van der Waals surface area contributed by atoms with Crippen LogP contribution in [0.15, 0.2) is 54.7 Å². The van der Waals surface area contributed by atoms with E-state index in [1.807, 2.05) is 49.9 Å². The maximum Gasteiger partial charge on any atom is 0.410 e. The standard InChI is InChI=1S/C34H38ClFN4O4S/c1-34(2,3)44-33(42)39(4)23-11-13-24(14-12-23)40(32(41)31-30(35)29-25(36)7-6-8-27(29)45-31)19-22-17-20(9-15-26(22)43-5)21-10-16-28(37)38-18-21/h6-10,15-18,23-24H,11-14,19H2,1-5H3,(H2,37,38)/t23-,24-. The highest BCUT2D eigenvalue weighted by Gasteiger charge is 2.35. The van der Waals surface area contributed by atoms with E-state index >= 15 is 0 Å². The van der Waals surface area contributed by atoms with Gasteiger partial charge in [0.05, 0.1) is 12.1 Å². The molecule has 0 unspecified atom stereocenters. The summed E-state index contributed by atoms with van der Waals surface area (Å²) in [5.74, 6) is 0.322. The molecule has 1 saturated carbocycles. The van der Waals surface area contributed by atoms with Gasteiger partial charge < -0.3 is 25.0 Å². The van der Waals surface area contributed by atoms with Gasteiger partial charge in [0.2, 0.25) is 0 Å². The zero-order valence-electron chi connectivity index (χ0n) is 26.1. The van der Waals surface area contributed by atoms with Crippen LogP contribution in [0.2, 0.25) is 5.02 Å². The van der Waals surface area contributed by atoms with Gasteiger partial charge in [0, 0.05) is 53.1 Å². The summed E-state index contributed by atoms with van der Waals surface area (Å²) in [5.41, 5.74) is 7.78. The van der Waals surface area contributed by atoms with Crippen LogP contribution < -0.4 is 10.5 Å². The molecular weight excluding hydrogens is 615 g/mol. The number of methoxy groups -OCH3 is 1. The molecular formula is C34H38ClFN4O4S. The summed E-state index contributed by atoms with van der Waals surface area (Å²) < 4.78 is 26.7. The van der Waals surface area contributed by atoms with Crippen LogP contribution in [0.25, 0.3) is 21.2 Å². The van der Waals surface area contributed by atoms with Crippen molar-refractivity contribution in [2.24, 2.45) is 0 Å². The minimum Gasteiger partial charge on any atom is -0.496 e. The smallest absolute Gasteiger partial charge is 0.410 e. The van der Waals surface area contributed by atoms with Crippen molar-refractivity contribution in [3.8, 4) is 16.9 Å². The van der Waals surface area contributed by atoms with Crippen molar-refractivity contribution in [1.29, 1.82) is 0 Å². The molecule has 0 atom stereocenters. The summed E-state index contributed by atoms with van der Waals surface area (Å²) in [6.45, 7) is 5.77. The number of halogens is 2. The first-order valence-corrected chi connectivity index (χ1v) is 16.1. The number of rotatable bonds is 7. The van der Waals surface area contributed by atoms with Gasteiger partial charge in [-0.1, -0.05) is 23.7 Å². The molecule has 45 heavy (non-hydrogen) atoms. The van der Waals surface area contributed by atoms with Gasteiger partial charge in [-0.15, -0.1) is 11.3 Å². The molecule has 1 aliphatic rings. The minimum absolute atomic E-state index is 0.0223. The molecule has 238 valence electrons. The van der Waals surface area contributed by atoms with Gasteiger partial charge in [-0.25, -0.2) is 14.2 Å². The van der Waals surface area contributed by atoms with Crippen molar-refractivity contribution in [2.45, 2.75) is 70.7 Å². The maximum absolute atomic E-state index is 14.8. The molecule has 8 nitrogen and oxygen atoms in total. The van der Waals surface area contributed by atoms with Gasteiger partial charge in [-0.05, 0) is 88.4 Å². The quantitative estimate of drug-likeness (QED) is 0.216. The third kappa shape index (κ3) is 7.17. The number of fused-ring (bicyclic) bond motifs is 1. The van der Waals surface area contributed by atoms with Crippen molar-refractivity contribution in [2.75, 3.05) is 19.9 Å². The number of nitrogens with two attached hydrogens (primary N) is 1. The van der Waals surface area contributed by atoms with Crippen LogP contribution in [-0.4, -0.2) is 58.6 Å². The Balaban J connectivity index is 1.47. The topological polar surface area (TPSA) is 98.0 Å². The van der Waals surface area contributed by atoms with Gasteiger partial charge in [-0.3, -0.25) is 4.79 Å². The van der Waals surface area contributed by atoms with E-state index in [-0.39, 0.29) is 41.0 Å². The Morgan fingerprint density at radius 3 is 2.38 bits per heavy atom. The first-order chi connectivity index (χ1) is 21.4. The van der Waals surface area contributed by atoms with Gasteiger partial charge in [-0.2, -0.15) is 0 Å². The average molecular weight is 653 g/mol. The minimum atomic E-state index is -0.592. The number of pyridine rings is 1. The van der Waals surface area contributed by atoms with E-state index in [1.54, 1.807) is 43.5 Å². The second-order valence-electron chi connectivity index (χ2n) is 12.3. The van der Waals surface area contributed by atoms with Gasteiger partial charge in [0.15, 0.2) is 0 Å². The predicted molar refractivity (Wildman–Crippen MR) is 177 cm³/mol. The third-order valence-corrected chi connectivity index (χ3v) is 9.77. The van der Waals surface area contributed by atoms with E-state index in [0.717, 1.165) is 16.7 Å². The molecule has 4 aromatic rings. The fourth-order valence-electron chi connectivity index (χ4n) is 5.79. The van der Waals surface area contributed by atoms with Crippen LogP contribution >= 0.6 is 22.9 Å². The number of carbonyl (C=O) groups is 2. The number of nitrogens with zero attached hydrogens (tertiary/aromatic N) is 3. The summed E-state index contributed by atoms with van der Waals surface area (Å²) >= 11 is 7.89. The highest BCUT2D eigenvalue weighted by molar-refractivity contribution is 7.21. The first-order valence-electron chi connectivity index (χ1n) is 14.9. The summed E-state index contributed by atoms with van der Waals surface area (Å²) in [6.07, 6.45) is 4.03. The second kappa shape index (κ2) is 13.2. The molecule has 2 aromatic heterocycles. The number of benzene rings is 2. The van der Waals surface area contributed by atoms with E-state index in [4.69, 9.17) is 26.8 Å². The van der Waals surface area contributed by atoms with Crippen molar-refractivity contribution in [3.63, 3.8) is 0 Å². The fourth-order valence-corrected chi connectivity index (χ4v) is 7.30. The number of thiophene rings is 1. The van der Waals surface area contributed by atoms with Crippen LogP contribution in [0.3, 0.4) is 0 Å². The molecule has 5 rings (SSSR count). The number of ether oxygens (including phenoxy) is 2. The Morgan fingerprint density at radius 2 is 1.76 bits per heavy atom. The number of amides is 2. The van der Waals surface area contributed by atoms with Crippen LogP contribution in [0.4, 0.5) is 15.0 Å². The zero-order chi connectivity index (χ0) is 32.5. The SMILES string of the molecule is COc1ccc(-c2ccc(N)nc2)cc1CN(C(=O)c1sc2cccc(F)c2c1Cl)[C@H]1CC[C@H](N(C)C(=O)OC(C)(C)C)CC1. The summed E-state index contributed by atoms with van der Waals surface area (Å²) in [7, 11) is 3.36. The van der Waals surface area contributed by atoms with Gasteiger partial charge >= 0.3 is 6.09 Å². The van der Waals surface area contributed by atoms with Crippen molar-refractivity contribution < 1.29 is 23.5 Å². The van der Waals surface area contributed by atoms with Crippen molar-refractivity contribution in [3.05, 3.63) is 76.0 Å². The lowest BCUT2D eigenvalue weighted by Gasteiger charge is -2.40. The van der Waals surface area contributed by atoms with E-state index in [2.05, 4.69) is 4.98 Å². The maximum atomic E-state index is 14.8. The van der Waals surface area contributed by atoms with Gasteiger partial charge in [0.1, 0.15) is 27.9 Å². The average Bonchev–Trinajstić information content (AvgIpc) is 3.36. The second-order valence-corrected chi connectivity index (χ2v) is 13.8. The number of anilines is 1. The van der Waals surface area contributed by atoms with Crippen molar-refractivity contribution >= 4 is 50.8 Å². The number of hydrogen-bond acceptors (Lipinski definition) is 7. The normalized spacial score (nSPS) is 16.8. The van der Waals surface area contributed by atoms with E-state index < -0.39 is 11.4 Å². The molecule has 0 bridgehead atoms. The molecule has 2 aromatic carbocycles. The third-order valence-electron chi connectivity index (χ3n) is 8.14. The van der Waals surface area contributed by atoms with Crippen LogP contribution in [0.5, 0.6) is 5.75 Å². The highest BCUT2D eigenvalue weighted by atomic mass is 35.5. The largest absolute Gasteiger partial charge is 0.496 e. The summed E-state index contributed by atoms with van der Waals surface area (Å²) in [6, 6.07) is 14.0. The Bertz CT molecular complexity index is 1700. The van der Waals surface area contributed by atoms with E-state index in [9.17, 15) is 14.0 Å². The fraction of sp³-hybridized carbons (Fsp3) is 0.382. The van der Waals surface area contributed by atoms with Crippen LogP contribution in [0.1, 0.15) is 61.7 Å². The summed E-state index contributed by atoms with van der Waals surface area (Å²) in [5, 5.41) is 0.376. The first kappa shape index (κ1) is 32.5. The van der Waals surface area contributed by atoms with Crippen molar-refractivity contribution in [1.82, 2.24) is 14.8 Å². The molecule has 1 aliphatic carbocycles. The molecule has 2 N–H and O–H groups in total. The Kier molecular flexibility index (Phi) is 9.55. The molecule has 11 heteroatoms. The Labute approximate surface area is 271 Å². The molecule has 0 radical (unpaired) electrons. The highest BCUT2D eigenvalue weighted by Crippen LogP contribution is 2.40. The van der Waals surface area contributed by atoms with Crippen LogP contribution in [-0.2, 0) is 11.3 Å².